The summed E-state index contributed by atoms with van der Waals surface area (Å²) in [6, 6.07) is 0. The molecular formula is C13H26O2. The maximum atomic E-state index is 5.50. The average molecular weight is 214 g/mol. The van der Waals surface area contributed by atoms with Gasteiger partial charge in [0.2, 0.25) is 0 Å². The van der Waals surface area contributed by atoms with Crippen LogP contribution in [0.3, 0.4) is 0 Å². The lowest BCUT2D eigenvalue weighted by atomic mass is 10.3. The molecular weight excluding hydrogens is 188 g/mol. The number of ether oxygens (including phenoxy) is 2. The zero-order valence-electron chi connectivity index (χ0n) is 10.5. The van der Waals surface area contributed by atoms with Crippen LogP contribution in [0.4, 0.5) is 0 Å². The minimum atomic E-state index is -0.0584. The van der Waals surface area contributed by atoms with E-state index in [2.05, 4.69) is 26.0 Å². The van der Waals surface area contributed by atoms with Gasteiger partial charge in [0, 0.05) is 6.61 Å². The Labute approximate surface area is 94.7 Å². The van der Waals surface area contributed by atoms with E-state index in [0.29, 0.717) is 0 Å². The molecule has 0 aliphatic heterocycles. The molecule has 0 saturated heterocycles. The van der Waals surface area contributed by atoms with Crippen molar-refractivity contribution < 1.29 is 9.47 Å². The van der Waals surface area contributed by atoms with Crippen molar-refractivity contribution in [1.82, 2.24) is 0 Å². The first-order valence-electron chi connectivity index (χ1n) is 6.19. The van der Waals surface area contributed by atoms with Gasteiger partial charge in [0.05, 0.1) is 6.61 Å². The maximum absolute atomic E-state index is 5.50. The lowest BCUT2D eigenvalue weighted by molar-refractivity contribution is -0.129. The quantitative estimate of drug-likeness (QED) is 0.312. The van der Waals surface area contributed by atoms with Gasteiger partial charge in [-0.15, -0.1) is 0 Å². The van der Waals surface area contributed by atoms with Crippen molar-refractivity contribution >= 4 is 0 Å². The molecule has 15 heavy (non-hydrogen) atoms. The Kier molecular flexibility index (Phi) is 11.5. The number of hydrogen-bond acceptors (Lipinski definition) is 2. The van der Waals surface area contributed by atoms with Crippen molar-refractivity contribution in [3.8, 4) is 0 Å². The summed E-state index contributed by atoms with van der Waals surface area (Å²) in [7, 11) is 0. The average Bonchev–Trinajstić information content (AvgIpc) is 2.24. The van der Waals surface area contributed by atoms with Crippen molar-refractivity contribution in [3.05, 3.63) is 12.2 Å². The second kappa shape index (κ2) is 11.7. The molecule has 90 valence electrons. The number of rotatable bonds is 10. The second-order valence-electron chi connectivity index (χ2n) is 3.68. The van der Waals surface area contributed by atoms with Gasteiger partial charge in [-0.1, -0.05) is 38.8 Å². The van der Waals surface area contributed by atoms with E-state index in [9.17, 15) is 0 Å². The third kappa shape index (κ3) is 11.6. The van der Waals surface area contributed by atoms with Crippen LogP contribution in [-0.4, -0.2) is 19.5 Å². The van der Waals surface area contributed by atoms with Crippen LogP contribution in [0.15, 0.2) is 12.2 Å². The molecule has 0 aliphatic rings. The van der Waals surface area contributed by atoms with Crippen LogP contribution in [0.2, 0.25) is 0 Å². The normalized spacial score (nSPS) is 13.5. The zero-order valence-corrected chi connectivity index (χ0v) is 10.5. The molecule has 0 radical (unpaired) electrons. The molecule has 1 unspecified atom stereocenters. The standard InChI is InChI=1S/C13H26O2/c1-4-6-8-10-12-15-13(3)14-11-9-7-5-2/h6,8,13H,4-5,7,9-12H2,1-3H3/b8-6-. The fourth-order valence-corrected chi connectivity index (χ4v) is 1.24. The van der Waals surface area contributed by atoms with Crippen LogP contribution in [0, 0.1) is 0 Å². The van der Waals surface area contributed by atoms with Crippen LogP contribution in [-0.2, 0) is 9.47 Å². The molecule has 0 rings (SSSR count). The van der Waals surface area contributed by atoms with Crippen molar-refractivity contribution in [1.29, 1.82) is 0 Å². The molecule has 0 bridgehead atoms. The molecule has 0 spiro atoms. The van der Waals surface area contributed by atoms with E-state index in [4.69, 9.17) is 9.47 Å². The monoisotopic (exact) mass is 214 g/mol. The third-order valence-corrected chi connectivity index (χ3v) is 2.14. The summed E-state index contributed by atoms with van der Waals surface area (Å²) in [5.41, 5.74) is 0. The lowest BCUT2D eigenvalue weighted by Crippen LogP contribution is -2.14. The Bertz CT molecular complexity index is 143. The summed E-state index contributed by atoms with van der Waals surface area (Å²) < 4.78 is 11.0. The Balaban J connectivity index is 3.18. The minimum Gasteiger partial charge on any atom is -0.353 e. The van der Waals surface area contributed by atoms with Crippen molar-refractivity contribution in [2.24, 2.45) is 0 Å². The minimum absolute atomic E-state index is 0.0584. The SMILES string of the molecule is CC/C=C\CCOC(C)OCCCCC. The first-order chi connectivity index (χ1) is 7.31. The van der Waals surface area contributed by atoms with Gasteiger partial charge >= 0.3 is 0 Å². The summed E-state index contributed by atoms with van der Waals surface area (Å²) >= 11 is 0. The molecule has 0 aromatic heterocycles. The van der Waals surface area contributed by atoms with Crippen LogP contribution in [0.25, 0.3) is 0 Å². The van der Waals surface area contributed by atoms with Gasteiger partial charge in [0.25, 0.3) is 0 Å². The summed E-state index contributed by atoms with van der Waals surface area (Å²) in [6.45, 7) is 7.87. The van der Waals surface area contributed by atoms with E-state index < -0.39 is 0 Å². The highest BCUT2D eigenvalue weighted by Crippen LogP contribution is 2.00. The second-order valence-corrected chi connectivity index (χ2v) is 3.68. The molecule has 0 fully saturated rings. The van der Waals surface area contributed by atoms with E-state index in [0.717, 1.165) is 32.5 Å². The van der Waals surface area contributed by atoms with Gasteiger partial charge in [-0.05, 0) is 26.2 Å². The van der Waals surface area contributed by atoms with E-state index in [1.807, 2.05) is 6.92 Å². The summed E-state index contributed by atoms with van der Waals surface area (Å²) in [5.74, 6) is 0. The van der Waals surface area contributed by atoms with E-state index in [-0.39, 0.29) is 6.29 Å². The topological polar surface area (TPSA) is 18.5 Å². The third-order valence-electron chi connectivity index (χ3n) is 2.14. The molecule has 0 heterocycles. The maximum Gasteiger partial charge on any atom is 0.154 e. The van der Waals surface area contributed by atoms with Crippen molar-refractivity contribution in [3.63, 3.8) is 0 Å². The van der Waals surface area contributed by atoms with Gasteiger partial charge in [0.1, 0.15) is 0 Å². The van der Waals surface area contributed by atoms with E-state index >= 15 is 0 Å². The molecule has 2 heteroatoms. The largest absolute Gasteiger partial charge is 0.353 e. The molecule has 0 saturated carbocycles. The highest BCUT2D eigenvalue weighted by atomic mass is 16.7. The number of allylic oxidation sites excluding steroid dienone is 1. The molecule has 0 aromatic rings. The van der Waals surface area contributed by atoms with Gasteiger partial charge < -0.3 is 9.47 Å². The predicted octanol–water partition coefficient (Wildman–Crippen LogP) is 3.91. The molecule has 0 aromatic carbocycles. The fourth-order valence-electron chi connectivity index (χ4n) is 1.24. The molecule has 1 atom stereocenters. The Morgan fingerprint density at radius 2 is 1.73 bits per heavy atom. The van der Waals surface area contributed by atoms with Gasteiger partial charge in [-0.2, -0.15) is 0 Å². The number of hydrogen-bond donors (Lipinski definition) is 0. The van der Waals surface area contributed by atoms with E-state index in [1.165, 1.54) is 12.8 Å². The highest BCUT2D eigenvalue weighted by Gasteiger charge is 1.99. The number of unbranched alkanes of at least 4 members (excludes halogenated alkanes) is 2. The molecule has 0 amide bonds. The Hall–Kier alpha value is -0.340. The van der Waals surface area contributed by atoms with Gasteiger partial charge in [-0.3, -0.25) is 0 Å². The summed E-state index contributed by atoms with van der Waals surface area (Å²) in [5, 5.41) is 0. The first-order valence-corrected chi connectivity index (χ1v) is 6.19. The predicted molar refractivity (Wildman–Crippen MR) is 64.9 cm³/mol. The zero-order chi connectivity index (χ0) is 11.4. The Morgan fingerprint density at radius 3 is 2.40 bits per heavy atom. The van der Waals surface area contributed by atoms with Gasteiger partial charge in [-0.25, -0.2) is 0 Å². The van der Waals surface area contributed by atoms with E-state index in [1.54, 1.807) is 0 Å². The summed E-state index contributed by atoms with van der Waals surface area (Å²) in [6.07, 6.45) is 9.96. The molecule has 2 nitrogen and oxygen atoms in total. The van der Waals surface area contributed by atoms with Crippen LogP contribution in [0.5, 0.6) is 0 Å². The molecule has 0 N–H and O–H groups in total. The fraction of sp³-hybridized carbons (Fsp3) is 0.846. The smallest absolute Gasteiger partial charge is 0.154 e. The van der Waals surface area contributed by atoms with Crippen LogP contribution >= 0.6 is 0 Å². The van der Waals surface area contributed by atoms with Gasteiger partial charge in [0.15, 0.2) is 6.29 Å². The van der Waals surface area contributed by atoms with Crippen molar-refractivity contribution in [2.45, 2.75) is 59.2 Å². The molecule has 0 aliphatic carbocycles. The van der Waals surface area contributed by atoms with Crippen molar-refractivity contribution in [2.75, 3.05) is 13.2 Å². The van der Waals surface area contributed by atoms with Crippen LogP contribution < -0.4 is 0 Å². The first kappa shape index (κ1) is 14.7. The lowest BCUT2D eigenvalue weighted by Gasteiger charge is -2.13. The summed E-state index contributed by atoms with van der Waals surface area (Å²) in [4.78, 5) is 0. The Morgan fingerprint density at radius 1 is 1.00 bits per heavy atom. The highest BCUT2D eigenvalue weighted by molar-refractivity contribution is 4.79. The van der Waals surface area contributed by atoms with Crippen LogP contribution in [0.1, 0.15) is 52.9 Å².